The molecule has 0 aliphatic carbocycles. The maximum absolute atomic E-state index is 11.1. The number of unbranched alkanes of at least 4 members (excludes halogenated alkanes) is 4. The molecule has 3 nitrogen and oxygen atoms in total. The van der Waals surface area contributed by atoms with Gasteiger partial charge in [0.25, 0.3) is 0 Å². The predicted octanol–water partition coefficient (Wildman–Crippen LogP) is 2.96. The molecule has 0 N–H and O–H groups in total. The van der Waals surface area contributed by atoms with Crippen molar-refractivity contribution in [1.29, 1.82) is 0 Å². The van der Waals surface area contributed by atoms with Gasteiger partial charge in [0.1, 0.15) is 0 Å². The van der Waals surface area contributed by atoms with Gasteiger partial charge in [0, 0.05) is 6.08 Å². The fourth-order valence-corrected chi connectivity index (χ4v) is 1.53. The molecule has 0 aromatic rings. The molecule has 0 aromatic heterocycles. The van der Waals surface area contributed by atoms with Crippen molar-refractivity contribution in [3.8, 4) is 0 Å². The van der Waals surface area contributed by atoms with Crippen LogP contribution in [-0.4, -0.2) is 31.2 Å². The van der Waals surface area contributed by atoms with Gasteiger partial charge in [-0.2, -0.15) is 0 Å². The fourth-order valence-electron chi connectivity index (χ4n) is 1.53. The number of nitrogens with zero attached hydrogens (tertiary/aromatic N) is 1. The number of ether oxygens (including phenoxy) is 1. The lowest BCUT2D eigenvalue weighted by molar-refractivity contribution is -0.151. The Morgan fingerprint density at radius 1 is 1.31 bits per heavy atom. The molecule has 0 fully saturated rings. The Balaban J connectivity index is 3.77. The van der Waals surface area contributed by atoms with Gasteiger partial charge in [-0.05, 0) is 26.9 Å². The number of hydrogen-bond acceptors (Lipinski definition) is 3. The first-order valence-electron chi connectivity index (χ1n) is 6.11. The number of hydrogen-bond donors (Lipinski definition) is 0. The van der Waals surface area contributed by atoms with Gasteiger partial charge >= 0.3 is 5.97 Å². The number of esters is 1. The minimum absolute atomic E-state index is 0.118. The molecular weight excluding hydrogens is 202 g/mol. The zero-order valence-corrected chi connectivity index (χ0v) is 10.9. The van der Waals surface area contributed by atoms with Gasteiger partial charge in [-0.15, -0.1) is 0 Å². The summed E-state index contributed by atoms with van der Waals surface area (Å²) in [6.45, 7) is 5.60. The van der Waals surface area contributed by atoms with Gasteiger partial charge in [-0.3, -0.25) is 4.90 Å². The number of carbonyl (C=O) groups excluding carboxylic acids is 1. The summed E-state index contributed by atoms with van der Waals surface area (Å²) in [5, 5.41) is 0. The maximum Gasteiger partial charge on any atom is 0.331 e. The third-order valence-electron chi connectivity index (χ3n) is 2.55. The summed E-state index contributed by atoms with van der Waals surface area (Å²) in [4.78, 5) is 13.0. The topological polar surface area (TPSA) is 29.5 Å². The Morgan fingerprint density at radius 3 is 2.44 bits per heavy atom. The molecule has 1 unspecified atom stereocenters. The van der Waals surface area contributed by atoms with E-state index in [9.17, 15) is 4.79 Å². The standard InChI is InChI=1S/C13H25NO2/c1-5-7-8-9-10-11-12(14(3)4)16-13(15)6-2/h6,12H,2,5,7-11H2,1,3-4H3. The Morgan fingerprint density at radius 2 is 1.94 bits per heavy atom. The minimum Gasteiger partial charge on any atom is -0.443 e. The smallest absolute Gasteiger partial charge is 0.331 e. The molecule has 0 aliphatic heterocycles. The van der Waals surface area contributed by atoms with Crippen LogP contribution in [0.2, 0.25) is 0 Å². The lowest BCUT2D eigenvalue weighted by Crippen LogP contribution is -2.32. The van der Waals surface area contributed by atoms with Crippen LogP contribution in [-0.2, 0) is 9.53 Å². The summed E-state index contributed by atoms with van der Waals surface area (Å²) in [5.74, 6) is -0.341. The van der Waals surface area contributed by atoms with Crippen LogP contribution in [0.15, 0.2) is 12.7 Å². The van der Waals surface area contributed by atoms with Gasteiger partial charge in [0.2, 0.25) is 0 Å². The van der Waals surface area contributed by atoms with E-state index in [-0.39, 0.29) is 12.2 Å². The SMILES string of the molecule is C=CC(=O)OC(CCCCCCC)N(C)C. The molecular formula is C13H25NO2. The van der Waals surface area contributed by atoms with Crippen molar-refractivity contribution in [1.82, 2.24) is 4.90 Å². The Hall–Kier alpha value is -0.830. The fraction of sp³-hybridized carbons (Fsp3) is 0.769. The molecule has 1 atom stereocenters. The normalized spacial score (nSPS) is 12.5. The highest BCUT2D eigenvalue weighted by Crippen LogP contribution is 2.11. The third kappa shape index (κ3) is 7.46. The van der Waals surface area contributed by atoms with Gasteiger partial charge < -0.3 is 4.74 Å². The summed E-state index contributed by atoms with van der Waals surface area (Å²) in [6.07, 6.45) is 8.13. The second-order valence-electron chi connectivity index (χ2n) is 4.26. The summed E-state index contributed by atoms with van der Waals surface area (Å²) >= 11 is 0. The van der Waals surface area contributed by atoms with E-state index in [2.05, 4.69) is 13.5 Å². The van der Waals surface area contributed by atoms with E-state index < -0.39 is 0 Å². The highest BCUT2D eigenvalue weighted by atomic mass is 16.6. The first-order chi connectivity index (χ1) is 7.61. The lowest BCUT2D eigenvalue weighted by atomic mass is 10.1. The lowest BCUT2D eigenvalue weighted by Gasteiger charge is -2.23. The average Bonchev–Trinajstić information content (AvgIpc) is 2.26. The van der Waals surface area contributed by atoms with Crippen LogP contribution in [0.3, 0.4) is 0 Å². The summed E-state index contributed by atoms with van der Waals surface area (Å²) in [6, 6.07) is 0. The van der Waals surface area contributed by atoms with Crippen LogP contribution in [0.25, 0.3) is 0 Å². The Bertz CT molecular complexity index is 202. The average molecular weight is 227 g/mol. The van der Waals surface area contributed by atoms with Crippen molar-refractivity contribution in [2.24, 2.45) is 0 Å². The van der Waals surface area contributed by atoms with Gasteiger partial charge in [0.15, 0.2) is 6.23 Å². The predicted molar refractivity (Wildman–Crippen MR) is 67.1 cm³/mol. The molecule has 94 valence electrons. The summed E-state index contributed by atoms with van der Waals surface area (Å²) in [5.41, 5.74) is 0. The largest absolute Gasteiger partial charge is 0.443 e. The molecule has 0 bridgehead atoms. The van der Waals surface area contributed by atoms with Crippen molar-refractivity contribution in [2.75, 3.05) is 14.1 Å². The molecule has 0 saturated heterocycles. The van der Waals surface area contributed by atoms with E-state index in [1.165, 1.54) is 31.8 Å². The molecule has 0 heterocycles. The molecule has 0 aliphatic rings. The van der Waals surface area contributed by atoms with Crippen LogP contribution in [0, 0.1) is 0 Å². The number of rotatable bonds is 9. The zero-order chi connectivity index (χ0) is 12.4. The molecule has 0 spiro atoms. The maximum atomic E-state index is 11.1. The van der Waals surface area contributed by atoms with E-state index >= 15 is 0 Å². The molecule has 0 rings (SSSR count). The molecule has 0 amide bonds. The first-order valence-corrected chi connectivity index (χ1v) is 6.11. The second kappa shape index (κ2) is 9.40. The molecule has 0 aromatic carbocycles. The van der Waals surface area contributed by atoms with Crippen molar-refractivity contribution in [3.05, 3.63) is 12.7 Å². The molecule has 0 radical (unpaired) electrons. The van der Waals surface area contributed by atoms with Gasteiger partial charge in [-0.1, -0.05) is 39.2 Å². The van der Waals surface area contributed by atoms with Crippen molar-refractivity contribution in [2.45, 2.75) is 51.7 Å². The van der Waals surface area contributed by atoms with E-state index in [0.29, 0.717) is 0 Å². The van der Waals surface area contributed by atoms with Crippen LogP contribution >= 0.6 is 0 Å². The van der Waals surface area contributed by atoms with Gasteiger partial charge in [-0.25, -0.2) is 4.79 Å². The second-order valence-corrected chi connectivity index (χ2v) is 4.26. The molecule has 0 saturated carbocycles. The van der Waals surface area contributed by atoms with E-state index in [1.54, 1.807) is 0 Å². The quantitative estimate of drug-likeness (QED) is 0.262. The summed E-state index contributed by atoms with van der Waals surface area (Å²) < 4.78 is 5.24. The highest BCUT2D eigenvalue weighted by molar-refractivity contribution is 5.81. The van der Waals surface area contributed by atoms with Crippen molar-refractivity contribution >= 4 is 5.97 Å². The third-order valence-corrected chi connectivity index (χ3v) is 2.55. The Kier molecular flexibility index (Phi) is 8.91. The van der Waals surface area contributed by atoms with E-state index in [4.69, 9.17) is 4.74 Å². The first kappa shape index (κ1) is 15.2. The molecule has 3 heteroatoms. The van der Waals surface area contributed by atoms with Crippen LogP contribution < -0.4 is 0 Å². The zero-order valence-electron chi connectivity index (χ0n) is 10.9. The summed E-state index contributed by atoms with van der Waals surface area (Å²) in [7, 11) is 3.85. The van der Waals surface area contributed by atoms with Crippen molar-refractivity contribution < 1.29 is 9.53 Å². The Labute approximate surface area is 99.5 Å². The van der Waals surface area contributed by atoms with Gasteiger partial charge in [0.05, 0.1) is 0 Å². The monoisotopic (exact) mass is 227 g/mol. The van der Waals surface area contributed by atoms with E-state index in [1.807, 2.05) is 19.0 Å². The van der Waals surface area contributed by atoms with E-state index in [0.717, 1.165) is 12.8 Å². The molecule has 16 heavy (non-hydrogen) atoms. The van der Waals surface area contributed by atoms with Crippen LogP contribution in [0.5, 0.6) is 0 Å². The highest BCUT2D eigenvalue weighted by Gasteiger charge is 2.14. The minimum atomic E-state index is -0.341. The van der Waals surface area contributed by atoms with Crippen LogP contribution in [0.4, 0.5) is 0 Å². The van der Waals surface area contributed by atoms with Crippen LogP contribution in [0.1, 0.15) is 45.4 Å². The number of carbonyl (C=O) groups is 1. The van der Waals surface area contributed by atoms with Crippen molar-refractivity contribution in [3.63, 3.8) is 0 Å².